The Morgan fingerprint density at radius 1 is 1.14 bits per heavy atom. The molecule has 0 bridgehead atoms. The molecule has 0 spiro atoms. The average Bonchev–Trinajstić information content (AvgIpc) is 2.47. The maximum absolute atomic E-state index is 11.1. The first kappa shape index (κ1) is 12.9. The number of fused-ring (bicyclic) bond motifs is 1. The van der Waals surface area contributed by atoms with E-state index in [9.17, 15) is 10.1 Å². The molecule has 0 unspecified atom stereocenters. The van der Waals surface area contributed by atoms with Gasteiger partial charge in [0.15, 0.2) is 0 Å². The molecular weight excluding hydrogens is 268 g/mol. The number of nitrogens with zero attached hydrogens (tertiary/aromatic N) is 2. The van der Waals surface area contributed by atoms with E-state index in [0.29, 0.717) is 5.69 Å². The molecule has 0 aliphatic rings. The number of para-hydroxylation sites is 1. The Morgan fingerprint density at radius 3 is 2.81 bits per heavy atom. The van der Waals surface area contributed by atoms with E-state index in [1.807, 2.05) is 30.3 Å². The van der Waals surface area contributed by atoms with Crippen LogP contribution in [0.2, 0.25) is 0 Å². The lowest BCUT2D eigenvalue weighted by Gasteiger charge is -2.09. The Balaban J connectivity index is 2.02. The first-order valence-electron chi connectivity index (χ1n) is 6.30. The van der Waals surface area contributed by atoms with E-state index in [1.165, 1.54) is 6.07 Å². The zero-order valence-electron chi connectivity index (χ0n) is 11.0. The van der Waals surface area contributed by atoms with Crippen LogP contribution in [0.4, 0.5) is 22.7 Å². The van der Waals surface area contributed by atoms with Crippen LogP contribution in [0.1, 0.15) is 0 Å². The summed E-state index contributed by atoms with van der Waals surface area (Å²) in [7, 11) is 0. The molecule has 0 atom stereocenters. The molecule has 2 aromatic carbocycles. The molecular formula is C15H12N4O2. The lowest BCUT2D eigenvalue weighted by atomic mass is 10.2. The molecule has 3 aromatic rings. The SMILES string of the molecule is Nc1cccc(Nc2ccc3ncccc3c2)c1[N+](=O)[O-]. The summed E-state index contributed by atoms with van der Waals surface area (Å²) in [6.07, 6.45) is 1.72. The van der Waals surface area contributed by atoms with Gasteiger partial charge in [-0.2, -0.15) is 0 Å². The minimum absolute atomic E-state index is 0.121. The summed E-state index contributed by atoms with van der Waals surface area (Å²) < 4.78 is 0. The van der Waals surface area contributed by atoms with Crippen molar-refractivity contribution in [2.45, 2.75) is 0 Å². The summed E-state index contributed by atoms with van der Waals surface area (Å²) in [4.78, 5) is 14.9. The van der Waals surface area contributed by atoms with E-state index in [-0.39, 0.29) is 11.4 Å². The number of pyridine rings is 1. The van der Waals surface area contributed by atoms with Crippen molar-refractivity contribution in [3.05, 3.63) is 64.8 Å². The highest BCUT2D eigenvalue weighted by Crippen LogP contribution is 2.33. The lowest BCUT2D eigenvalue weighted by molar-refractivity contribution is -0.383. The predicted octanol–water partition coefficient (Wildman–Crippen LogP) is 3.47. The summed E-state index contributed by atoms with van der Waals surface area (Å²) in [5.41, 5.74) is 7.66. The molecule has 0 radical (unpaired) electrons. The van der Waals surface area contributed by atoms with Crippen molar-refractivity contribution in [3.63, 3.8) is 0 Å². The number of rotatable bonds is 3. The Kier molecular flexibility index (Phi) is 3.12. The first-order chi connectivity index (χ1) is 10.1. The normalized spacial score (nSPS) is 10.5. The molecule has 3 rings (SSSR count). The molecule has 0 fully saturated rings. The van der Waals surface area contributed by atoms with Gasteiger partial charge in [0.1, 0.15) is 11.4 Å². The van der Waals surface area contributed by atoms with Crippen LogP contribution in [-0.2, 0) is 0 Å². The average molecular weight is 280 g/mol. The molecule has 1 aromatic heterocycles. The van der Waals surface area contributed by atoms with E-state index in [1.54, 1.807) is 18.3 Å². The first-order valence-corrected chi connectivity index (χ1v) is 6.30. The van der Waals surface area contributed by atoms with E-state index in [4.69, 9.17) is 5.73 Å². The van der Waals surface area contributed by atoms with Crippen LogP contribution in [0.25, 0.3) is 10.9 Å². The zero-order chi connectivity index (χ0) is 14.8. The van der Waals surface area contributed by atoms with Crippen molar-refractivity contribution in [2.75, 3.05) is 11.1 Å². The second-order valence-corrected chi connectivity index (χ2v) is 4.54. The van der Waals surface area contributed by atoms with Gasteiger partial charge in [-0.15, -0.1) is 0 Å². The number of nitrogen functional groups attached to an aromatic ring is 1. The van der Waals surface area contributed by atoms with Crippen LogP contribution in [0.5, 0.6) is 0 Å². The Bertz CT molecular complexity index is 833. The molecule has 21 heavy (non-hydrogen) atoms. The van der Waals surface area contributed by atoms with Crippen LogP contribution >= 0.6 is 0 Å². The fourth-order valence-electron chi connectivity index (χ4n) is 2.17. The fourth-order valence-corrected chi connectivity index (χ4v) is 2.17. The highest BCUT2D eigenvalue weighted by molar-refractivity contribution is 5.85. The summed E-state index contributed by atoms with van der Waals surface area (Å²) in [5.74, 6) is 0. The number of nitrogens with two attached hydrogens (primary N) is 1. The van der Waals surface area contributed by atoms with Gasteiger partial charge >= 0.3 is 5.69 Å². The second kappa shape index (κ2) is 5.09. The number of nitro groups is 1. The smallest absolute Gasteiger partial charge is 0.315 e. The minimum Gasteiger partial charge on any atom is -0.393 e. The Labute approximate surface area is 120 Å². The van der Waals surface area contributed by atoms with Crippen LogP contribution in [-0.4, -0.2) is 9.91 Å². The van der Waals surface area contributed by atoms with Crippen molar-refractivity contribution in [1.29, 1.82) is 0 Å². The number of aromatic nitrogens is 1. The van der Waals surface area contributed by atoms with E-state index >= 15 is 0 Å². The number of hydrogen-bond donors (Lipinski definition) is 2. The molecule has 0 aliphatic heterocycles. The van der Waals surface area contributed by atoms with Crippen molar-refractivity contribution < 1.29 is 4.92 Å². The molecule has 3 N–H and O–H groups in total. The topological polar surface area (TPSA) is 94.1 Å². The van der Waals surface area contributed by atoms with Crippen LogP contribution in [0.3, 0.4) is 0 Å². The van der Waals surface area contributed by atoms with E-state index in [2.05, 4.69) is 10.3 Å². The van der Waals surface area contributed by atoms with Crippen LogP contribution in [0.15, 0.2) is 54.7 Å². The molecule has 0 saturated carbocycles. The number of anilines is 3. The Hall–Kier alpha value is -3.15. The van der Waals surface area contributed by atoms with Crippen LogP contribution < -0.4 is 11.1 Å². The number of nitro benzene ring substituents is 1. The van der Waals surface area contributed by atoms with Gasteiger partial charge in [0.25, 0.3) is 0 Å². The van der Waals surface area contributed by atoms with Gasteiger partial charge in [0.05, 0.1) is 10.4 Å². The predicted molar refractivity (Wildman–Crippen MR) is 82.5 cm³/mol. The number of hydrogen-bond acceptors (Lipinski definition) is 5. The van der Waals surface area contributed by atoms with Crippen molar-refractivity contribution >= 4 is 33.7 Å². The second-order valence-electron chi connectivity index (χ2n) is 4.54. The fraction of sp³-hybridized carbons (Fsp3) is 0. The summed E-state index contributed by atoms with van der Waals surface area (Å²) in [6, 6.07) is 14.1. The lowest BCUT2D eigenvalue weighted by Crippen LogP contribution is -2.00. The third-order valence-electron chi connectivity index (χ3n) is 3.13. The maximum Gasteiger partial charge on any atom is 0.315 e. The van der Waals surface area contributed by atoms with Crippen molar-refractivity contribution in [1.82, 2.24) is 4.98 Å². The van der Waals surface area contributed by atoms with Crippen LogP contribution in [0, 0.1) is 10.1 Å². The molecule has 0 amide bonds. The third kappa shape index (κ3) is 2.46. The van der Waals surface area contributed by atoms with Gasteiger partial charge in [-0.1, -0.05) is 12.1 Å². The Morgan fingerprint density at radius 2 is 2.00 bits per heavy atom. The molecule has 104 valence electrons. The highest BCUT2D eigenvalue weighted by atomic mass is 16.6. The van der Waals surface area contributed by atoms with Crippen molar-refractivity contribution in [2.24, 2.45) is 0 Å². The summed E-state index contributed by atoms with van der Waals surface area (Å²) in [5, 5.41) is 15.1. The van der Waals surface area contributed by atoms with Gasteiger partial charge < -0.3 is 11.1 Å². The molecule has 1 heterocycles. The molecule has 0 saturated heterocycles. The molecule has 6 nitrogen and oxygen atoms in total. The van der Waals surface area contributed by atoms with Crippen molar-refractivity contribution in [3.8, 4) is 0 Å². The highest BCUT2D eigenvalue weighted by Gasteiger charge is 2.17. The quantitative estimate of drug-likeness (QED) is 0.435. The minimum atomic E-state index is -0.486. The standard InChI is InChI=1S/C15H12N4O2/c16-12-4-1-5-14(15(12)19(20)21)18-11-6-7-13-10(9-11)3-2-8-17-13/h1-9,18H,16H2. The maximum atomic E-state index is 11.1. The molecule has 0 aliphatic carbocycles. The largest absolute Gasteiger partial charge is 0.393 e. The number of benzene rings is 2. The van der Waals surface area contributed by atoms with Gasteiger partial charge in [0, 0.05) is 17.3 Å². The number of nitrogens with one attached hydrogen (secondary N) is 1. The van der Waals surface area contributed by atoms with Gasteiger partial charge in [-0.25, -0.2) is 0 Å². The zero-order valence-corrected chi connectivity index (χ0v) is 11.0. The summed E-state index contributed by atoms with van der Waals surface area (Å²) in [6.45, 7) is 0. The van der Waals surface area contributed by atoms with Gasteiger partial charge in [0.2, 0.25) is 0 Å². The monoisotopic (exact) mass is 280 g/mol. The summed E-state index contributed by atoms with van der Waals surface area (Å²) >= 11 is 0. The van der Waals surface area contributed by atoms with Gasteiger partial charge in [-0.3, -0.25) is 15.1 Å². The van der Waals surface area contributed by atoms with Gasteiger partial charge in [-0.05, 0) is 36.4 Å². The third-order valence-corrected chi connectivity index (χ3v) is 3.13. The molecule has 6 heteroatoms. The van der Waals surface area contributed by atoms with E-state index < -0.39 is 4.92 Å². The van der Waals surface area contributed by atoms with E-state index in [0.717, 1.165) is 16.6 Å².